The summed E-state index contributed by atoms with van der Waals surface area (Å²) < 4.78 is 25.3. The van der Waals surface area contributed by atoms with Crippen molar-refractivity contribution < 1.29 is 13.6 Å². The number of benzene rings is 4. The Morgan fingerprint density at radius 1 is 0.769 bits per heavy atom. The zero-order valence-electron chi connectivity index (χ0n) is 13.9. The summed E-state index contributed by atoms with van der Waals surface area (Å²) in [6.07, 6.45) is 0.393. The van der Waals surface area contributed by atoms with Crippen molar-refractivity contribution in [3.63, 3.8) is 0 Å². The maximum Gasteiger partial charge on any atom is 0.431 e. The van der Waals surface area contributed by atoms with Crippen molar-refractivity contribution in [2.75, 3.05) is 6.16 Å². The Hall–Kier alpha value is -2.77. The first kappa shape index (κ1) is 14.4. The fraction of sp³-hybridized carbons (Fsp3) is 0.0909. The van der Waals surface area contributed by atoms with Crippen molar-refractivity contribution in [1.29, 1.82) is 0 Å². The molecular formula is C22H15O3P. The average Bonchev–Trinajstić information content (AvgIpc) is 2.66. The van der Waals surface area contributed by atoms with Gasteiger partial charge >= 0.3 is 7.60 Å². The van der Waals surface area contributed by atoms with Crippen molar-refractivity contribution in [1.82, 2.24) is 0 Å². The third kappa shape index (κ3) is 1.92. The lowest BCUT2D eigenvalue weighted by atomic mass is 9.88. The van der Waals surface area contributed by atoms with Crippen LogP contribution in [0.25, 0.3) is 21.5 Å². The number of rotatable bonds is 0. The van der Waals surface area contributed by atoms with E-state index in [9.17, 15) is 4.57 Å². The predicted molar refractivity (Wildman–Crippen MR) is 103 cm³/mol. The Bertz CT molecular complexity index is 1250. The van der Waals surface area contributed by atoms with Gasteiger partial charge in [-0.3, -0.25) is 0 Å². The molecule has 0 fully saturated rings. The molecular weight excluding hydrogens is 343 g/mol. The molecule has 2 atom stereocenters. The van der Waals surface area contributed by atoms with Crippen molar-refractivity contribution in [3.05, 3.63) is 83.9 Å². The molecule has 0 radical (unpaired) electrons. The largest absolute Gasteiger partial charge is 0.431 e. The molecule has 0 saturated heterocycles. The van der Waals surface area contributed by atoms with Crippen LogP contribution in [0, 0.1) is 0 Å². The molecule has 0 aliphatic carbocycles. The highest BCUT2D eigenvalue weighted by Crippen LogP contribution is 2.64. The molecule has 4 aromatic rings. The summed E-state index contributed by atoms with van der Waals surface area (Å²) in [6, 6.07) is 24.6. The minimum absolute atomic E-state index is 0.0301. The van der Waals surface area contributed by atoms with Gasteiger partial charge in [-0.05, 0) is 28.3 Å². The molecule has 0 aromatic heterocycles. The lowest BCUT2D eigenvalue weighted by molar-refractivity contribution is 0.359. The van der Waals surface area contributed by atoms with E-state index >= 15 is 0 Å². The molecule has 2 bridgehead atoms. The topological polar surface area (TPSA) is 35.5 Å². The molecule has 126 valence electrons. The maximum atomic E-state index is 13.3. The normalized spacial score (nSPS) is 23.0. The molecule has 0 amide bonds. The Labute approximate surface area is 150 Å². The lowest BCUT2D eigenvalue weighted by Crippen LogP contribution is -2.24. The van der Waals surface area contributed by atoms with E-state index in [1.165, 1.54) is 5.39 Å². The molecule has 4 heteroatoms. The van der Waals surface area contributed by atoms with E-state index in [0.29, 0.717) is 17.7 Å². The SMILES string of the molecule is O=P12CC(c3cc4ccccc4cc3O1)c1ccc3ccccc3c1O2. The molecule has 2 unspecified atom stereocenters. The van der Waals surface area contributed by atoms with Crippen molar-refractivity contribution >= 4 is 29.1 Å². The summed E-state index contributed by atoms with van der Waals surface area (Å²) in [4.78, 5) is 0. The van der Waals surface area contributed by atoms with Gasteiger partial charge in [0.1, 0.15) is 11.5 Å². The summed E-state index contributed by atoms with van der Waals surface area (Å²) in [6.45, 7) is 0. The van der Waals surface area contributed by atoms with Crippen LogP contribution in [0.5, 0.6) is 11.5 Å². The van der Waals surface area contributed by atoms with Crippen LogP contribution in [0.4, 0.5) is 0 Å². The van der Waals surface area contributed by atoms with E-state index in [-0.39, 0.29) is 5.92 Å². The first-order chi connectivity index (χ1) is 12.7. The van der Waals surface area contributed by atoms with Crippen LogP contribution in [-0.2, 0) is 4.57 Å². The molecule has 26 heavy (non-hydrogen) atoms. The Morgan fingerprint density at radius 3 is 2.35 bits per heavy atom. The third-order valence-corrected chi connectivity index (χ3v) is 7.16. The minimum Gasteiger partial charge on any atom is -0.416 e. The van der Waals surface area contributed by atoms with Crippen LogP contribution >= 0.6 is 7.60 Å². The highest BCUT2D eigenvalue weighted by atomic mass is 31.2. The molecule has 2 aliphatic heterocycles. The number of fused-ring (bicyclic) bond motifs is 9. The van der Waals surface area contributed by atoms with Crippen LogP contribution in [0.1, 0.15) is 17.0 Å². The van der Waals surface area contributed by atoms with Gasteiger partial charge in [0.05, 0.1) is 6.16 Å². The number of hydrogen-bond acceptors (Lipinski definition) is 3. The molecule has 0 N–H and O–H groups in total. The van der Waals surface area contributed by atoms with Crippen LogP contribution < -0.4 is 9.05 Å². The van der Waals surface area contributed by atoms with Gasteiger partial charge < -0.3 is 9.05 Å². The zero-order chi connectivity index (χ0) is 17.3. The molecule has 3 nitrogen and oxygen atoms in total. The molecule has 0 spiro atoms. The summed E-state index contributed by atoms with van der Waals surface area (Å²) in [7, 11) is -3.21. The second-order valence-electron chi connectivity index (χ2n) is 6.97. The molecule has 6 rings (SSSR count). The fourth-order valence-electron chi connectivity index (χ4n) is 4.19. The van der Waals surface area contributed by atoms with Crippen LogP contribution in [0.15, 0.2) is 72.8 Å². The van der Waals surface area contributed by atoms with E-state index in [0.717, 1.165) is 27.3 Å². The van der Waals surface area contributed by atoms with Gasteiger partial charge in [0.25, 0.3) is 0 Å². The zero-order valence-corrected chi connectivity index (χ0v) is 14.8. The summed E-state index contributed by atoms with van der Waals surface area (Å²) in [5.74, 6) is 1.42. The minimum atomic E-state index is -3.21. The second-order valence-corrected chi connectivity index (χ2v) is 8.92. The van der Waals surface area contributed by atoms with Gasteiger partial charge in [0, 0.05) is 22.4 Å². The Kier molecular flexibility index (Phi) is 2.71. The molecule has 2 aliphatic rings. The monoisotopic (exact) mass is 358 g/mol. The van der Waals surface area contributed by atoms with Crippen LogP contribution in [-0.4, -0.2) is 6.16 Å². The fourth-order valence-corrected chi connectivity index (χ4v) is 6.16. The third-order valence-electron chi connectivity index (χ3n) is 5.41. The summed E-state index contributed by atoms with van der Waals surface area (Å²) in [5, 5.41) is 4.32. The second kappa shape index (κ2) is 4.90. The van der Waals surface area contributed by atoms with E-state index < -0.39 is 7.60 Å². The van der Waals surface area contributed by atoms with Crippen LogP contribution in [0.2, 0.25) is 0 Å². The Morgan fingerprint density at radius 2 is 1.50 bits per heavy atom. The number of hydrogen-bond donors (Lipinski definition) is 0. The highest BCUT2D eigenvalue weighted by molar-refractivity contribution is 7.55. The summed E-state index contributed by atoms with van der Waals surface area (Å²) >= 11 is 0. The van der Waals surface area contributed by atoms with Gasteiger partial charge in [-0.2, -0.15) is 0 Å². The van der Waals surface area contributed by atoms with E-state index in [1.54, 1.807) is 0 Å². The average molecular weight is 358 g/mol. The Balaban J connectivity index is 1.67. The lowest BCUT2D eigenvalue weighted by Gasteiger charge is -2.37. The van der Waals surface area contributed by atoms with Crippen molar-refractivity contribution in [2.24, 2.45) is 0 Å². The maximum absolute atomic E-state index is 13.3. The molecule has 4 aromatic carbocycles. The molecule has 0 saturated carbocycles. The van der Waals surface area contributed by atoms with E-state index in [2.05, 4.69) is 24.3 Å². The van der Waals surface area contributed by atoms with Gasteiger partial charge in [0.15, 0.2) is 0 Å². The van der Waals surface area contributed by atoms with E-state index in [4.69, 9.17) is 9.05 Å². The quantitative estimate of drug-likeness (QED) is 0.356. The molecule has 2 heterocycles. The first-order valence-electron chi connectivity index (χ1n) is 8.73. The predicted octanol–water partition coefficient (Wildman–Crippen LogP) is 6.10. The smallest absolute Gasteiger partial charge is 0.416 e. The summed E-state index contributed by atoms with van der Waals surface area (Å²) in [5.41, 5.74) is 2.19. The van der Waals surface area contributed by atoms with Gasteiger partial charge in [-0.1, -0.05) is 60.7 Å². The van der Waals surface area contributed by atoms with Crippen molar-refractivity contribution in [2.45, 2.75) is 5.92 Å². The van der Waals surface area contributed by atoms with Gasteiger partial charge in [0.2, 0.25) is 0 Å². The standard InChI is InChI=1S/C22H15O3P/c23-26-13-20(18-10-9-14-5-3-4-8-17(14)22(18)25-26)19-11-15-6-1-2-7-16(15)12-21(19)24-26/h1-12,20H,13H2. The van der Waals surface area contributed by atoms with E-state index in [1.807, 2.05) is 48.5 Å². The van der Waals surface area contributed by atoms with Gasteiger partial charge in [-0.25, -0.2) is 4.57 Å². The van der Waals surface area contributed by atoms with Crippen molar-refractivity contribution in [3.8, 4) is 11.5 Å². The first-order valence-corrected chi connectivity index (χ1v) is 10.5. The van der Waals surface area contributed by atoms with Gasteiger partial charge in [-0.15, -0.1) is 0 Å². The highest BCUT2D eigenvalue weighted by Gasteiger charge is 2.45. The van der Waals surface area contributed by atoms with Crippen LogP contribution in [0.3, 0.4) is 0 Å².